The van der Waals surface area contributed by atoms with Crippen molar-refractivity contribution < 1.29 is 18.3 Å². The van der Waals surface area contributed by atoms with Crippen LogP contribution in [0.4, 0.5) is 25.8 Å². The van der Waals surface area contributed by atoms with E-state index in [2.05, 4.69) is 176 Å². The van der Waals surface area contributed by atoms with Crippen LogP contribution in [-0.2, 0) is 10.8 Å². The molecule has 0 radical (unpaired) electrons. The van der Waals surface area contributed by atoms with Crippen LogP contribution in [0, 0.1) is 25.5 Å². The molecule has 2 aliphatic carbocycles. The van der Waals surface area contributed by atoms with Crippen molar-refractivity contribution in [3.8, 4) is 56.4 Å². The second-order valence-corrected chi connectivity index (χ2v) is 22.0. The number of benzene rings is 12. The van der Waals surface area contributed by atoms with Gasteiger partial charge in [0.1, 0.15) is 34.6 Å². The van der Waals surface area contributed by atoms with E-state index in [9.17, 15) is 0 Å². The van der Waals surface area contributed by atoms with Crippen molar-refractivity contribution >= 4 is 29.2 Å². The summed E-state index contributed by atoms with van der Waals surface area (Å²) in [5.41, 5.74) is 18.8. The van der Waals surface area contributed by atoms with Crippen molar-refractivity contribution in [1.82, 2.24) is 0 Å². The molecule has 12 aromatic carbocycles. The van der Waals surface area contributed by atoms with Crippen LogP contribution in [0.25, 0.3) is 45.5 Å². The average Bonchev–Trinajstić information content (AvgIpc) is 1.62. The van der Waals surface area contributed by atoms with Gasteiger partial charge in [0.05, 0.1) is 10.8 Å². The lowest BCUT2D eigenvalue weighted by Gasteiger charge is -2.36. The Kier molecular flexibility index (Phi) is 13.1. The minimum Gasteiger partial charge on any atom is -0.457 e. The molecule has 0 heterocycles. The first-order valence-corrected chi connectivity index (χ1v) is 28.6. The van der Waals surface area contributed by atoms with Gasteiger partial charge in [0.2, 0.25) is 0 Å². The summed E-state index contributed by atoms with van der Waals surface area (Å²) in [6, 6.07) is 93.6. The number of ether oxygens (including phenoxy) is 2. The fraction of sp³-hybridized carbons (Fsp3) is 0.0500. The number of anilines is 3. The number of fused-ring (bicyclic) bond motifs is 6. The molecule has 0 saturated carbocycles. The Morgan fingerprint density at radius 3 is 1.14 bits per heavy atom. The van der Waals surface area contributed by atoms with E-state index < -0.39 is 10.8 Å². The largest absolute Gasteiger partial charge is 0.457 e. The molecule has 0 N–H and O–H groups in total. The highest BCUT2D eigenvalue weighted by molar-refractivity contribution is 5.93. The summed E-state index contributed by atoms with van der Waals surface area (Å²) in [5, 5.41) is 0. The van der Waals surface area contributed by atoms with Gasteiger partial charge < -0.3 is 14.4 Å². The normalized spacial score (nSPS) is 15.2. The van der Waals surface area contributed by atoms with E-state index in [1.165, 1.54) is 0 Å². The SMILES string of the molecule is C=Cc1ccc(Oc2ccc(C3(c4ccc(F)c(C)c4)c4ccccc4-c4ccc(N(c5cccc(-c6ccccc6)c5)c5ccc6c(c5)C(c5ccc(Oc7ccc(C=C)cc7)cc5)(c5ccc(F)c(C)c5)c5ccccc5-6)cc43)cc2)cc1. The average molecular weight is 1100 g/mol. The molecule has 2 aliphatic rings. The molecule has 0 aromatic heterocycles. The quantitative estimate of drug-likeness (QED) is 0.108. The third-order valence-corrected chi connectivity index (χ3v) is 17.2. The second kappa shape index (κ2) is 21.3. The minimum atomic E-state index is -0.901. The van der Waals surface area contributed by atoms with Crippen LogP contribution in [-0.4, -0.2) is 0 Å². The number of aryl methyl sites for hydroxylation is 2. The highest BCUT2D eigenvalue weighted by Crippen LogP contribution is 2.60. The molecule has 2 unspecified atom stereocenters. The van der Waals surface area contributed by atoms with E-state index >= 15 is 8.78 Å². The standard InChI is InChI=1S/C80H57F2NO2/c1-5-54-23-35-65(36-24-54)84-67-39-27-58(28-40-67)79(60-31-45-77(81)52(3)47-60)73-21-12-10-19-69(73)71-43-33-63(50-75(71)79)83(62-18-14-17-57(49-62)56-15-8-7-9-16-56)64-34-44-72-70-20-11-13-22-74(70)80(76(72)51-64,61-32-46-78(82)53(4)48-61)59-29-41-68(42-30-59)85-66-37-25-55(6-2)26-38-66/h5-51H,1-2H2,3-4H3. The zero-order chi connectivity index (χ0) is 57.8. The summed E-state index contributed by atoms with van der Waals surface area (Å²) in [6.07, 6.45) is 3.63. The van der Waals surface area contributed by atoms with Gasteiger partial charge in [-0.15, -0.1) is 0 Å². The maximum Gasteiger partial charge on any atom is 0.127 e. The maximum absolute atomic E-state index is 15.7. The van der Waals surface area contributed by atoms with E-state index in [0.717, 1.165) is 118 Å². The van der Waals surface area contributed by atoms with E-state index in [0.29, 0.717) is 22.6 Å². The Morgan fingerprint density at radius 1 is 0.329 bits per heavy atom. The Balaban J connectivity index is 0.990. The molecule has 12 aromatic rings. The van der Waals surface area contributed by atoms with Crippen molar-refractivity contribution in [2.45, 2.75) is 24.7 Å². The molecule has 0 amide bonds. The molecule has 5 heteroatoms. The van der Waals surface area contributed by atoms with Crippen LogP contribution >= 0.6 is 0 Å². The summed E-state index contributed by atoms with van der Waals surface area (Å²) >= 11 is 0. The first-order valence-electron chi connectivity index (χ1n) is 28.6. The van der Waals surface area contributed by atoms with Gasteiger partial charge in [0, 0.05) is 17.1 Å². The van der Waals surface area contributed by atoms with Crippen molar-refractivity contribution in [3.05, 3.63) is 365 Å². The Bertz CT molecular complexity index is 4300. The molecular weight excluding hydrogens is 1040 g/mol. The molecule has 0 spiro atoms. The highest BCUT2D eigenvalue weighted by Gasteiger charge is 2.49. The summed E-state index contributed by atoms with van der Waals surface area (Å²) in [5.74, 6) is 2.29. The third kappa shape index (κ3) is 8.86. The predicted molar refractivity (Wildman–Crippen MR) is 344 cm³/mol. The van der Waals surface area contributed by atoms with Gasteiger partial charge in [-0.3, -0.25) is 0 Å². The van der Waals surface area contributed by atoms with Crippen LogP contribution in [0.2, 0.25) is 0 Å². The maximum atomic E-state index is 15.7. The molecule has 0 saturated heterocycles. The van der Waals surface area contributed by atoms with E-state index in [-0.39, 0.29) is 11.6 Å². The monoisotopic (exact) mass is 1100 g/mol. The lowest BCUT2D eigenvalue weighted by atomic mass is 9.67. The number of nitrogens with zero attached hydrogens (tertiary/aromatic N) is 1. The summed E-state index contributed by atoms with van der Waals surface area (Å²) in [7, 11) is 0. The van der Waals surface area contributed by atoms with E-state index in [1.54, 1.807) is 12.1 Å². The lowest BCUT2D eigenvalue weighted by Crippen LogP contribution is -2.29. The summed E-state index contributed by atoms with van der Waals surface area (Å²) in [4.78, 5) is 2.36. The van der Waals surface area contributed by atoms with Crippen LogP contribution in [0.3, 0.4) is 0 Å². The smallest absolute Gasteiger partial charge is 0.127 e. The number of hydrogen-bond acceptors (Lipinski definition) is 3. The topological polar surface area (TPSA) is 21.7 Å². The highest BCUT2D eigenvalue weighted by atomic mass is 19.1. The van der Waals surface area contributed by atoms with E-state index in [4.69, 9.17) is 9.47 Å². The fourth-order valence-corrected chi connectivity index (χ4v) is 13.2. The first-order chi connectivity index (χ1) is 41.6. The zero-order valence-electron chi connectivity index (χ0n) is 47.1. The van der Waals surface area contributed by atoms with Gasteiger partial charge in [0.25, 0.3) is 0 Å². The van der Waals surface area contributed by atoms with Crippen LogP contribution < -0.4 is 14.4 Å². The van der Waals surface area contributed by atoms with Gasteiger partial charge in [-0.2, -0.15) is 0 Å². The first kappa shape index (κ1) is 52.5. The van der Waals surface area contributed by atoms with Gasteiger partial charge in [-0.25, -0.2) is 8.78 Å². The van der Waals surface area contributed by atoms with Crippen molar-refractivity contribution in [1.29, 1.82) is 0 Å². The molecule has 2 atom stereocenters. The Labute approximate surface area is 495 Å². The zero-order valence-corrected chi connectivity index (χ0v) is 47.1. The molecular formula is C80H57F2NO2. The van der Waals surface area contributed by atoms with Gasteiger partial charge in [-0.1, -0.05) is 201 Å². The fourth-order valence-electron chi connectivity index (χ4n) is 13.2. The molecule has 0 fully saturated rings. The van der Waals surface area contributed by atoms with Gasteiger partial charge in [-0.05, 0) is 211 Å². The van der Waals surface area contributed by atoms with Crippen molar-refractivity contribution in [2.75, 3.05) is 4.90 Å². The molecule has 3 nitrogen and oxygen atoms in total. The molecule has 0 aliphatic heterocycles. The van der Waals surface area contributed by atoms with E-state index in [1.807, 2.05) is 129 Å². The van der Waals surface area contributed by atoms with Crippen LogP contribution in [0.1, 0.15) is 66.8 Å². The van der Waals surface area contributed by atoms with Crippen LogP contribution in [0.15, 0.2) is 286 Å². The molecule has 0 bridgehead atoms. The molecule has 14 rings (SSSR count). The second-order valence-electron chi connectivity index (χ2n) is 22.0. The van der Waals surface area contributed by atoms with Crippen molar-refractivity contribution in [3.63, 3.8) is 0 Å². The Hall–Kier alpha value is -10.6. The predicted octanol–water partition coefficient (Wildman–Crippen LogP) is 21.3. The Morgan fingerprint density at radius 2 is 0.706 bits per heavy atom. The summed E-state index contributed by atoms with van der Waals surface area (Å²) in [6.45, 7) is 11.5. The third-order valence-electron chi connectivity index (χ3n) is 17.2. The van der Waals surface area contributed by atoms with Crippen LogP contribution in [0.5, 0.6) is 23.0 Å². The molecule has 85 heavy (non-hydrogen) atoms. The number of halogens is 2. The van der Waals surface area contributed by atoms with Gasteiger partial charge >= 0.3 is 0 Å². The minimum absolute atomic E-state index is 0.264. The molecule has 408 valence electrons. The van der Waals surface area contributed by atoms with Gasteiger partial charge in [0.15, 0.2) is 0 Å². The summed E-state index contributed by atoms with van der Waals surface area (Å²) < 4.78 is 44.2. The number of hydrogen-bond donors (Lipinski definition) is 0. The lowest BCUT2D eigenvalue weighted by molar-refractivity contribution is 0.482. The van der Waals surface area contributed by atoms with Crippen molar-refractivity contribution in [2.24, 2.45) is 0 Å². The number of rotatable bonds is 14.